The summed E-state index contributed by atoms with van der Waals surface area (Å²) in [7, 11) is 0. The number of fused-ring (bicyclic) bond motifs is 4. The molecule has 0 aromatic rings. The van der Waals surface area contributed by atoms with Crippen LogP contribution in [-0.4, -0.2) is 42.6 Å². The maximum atomic E-state index is 11.9. The number of hydrogen-bond acceptors (Lipinski definition) is 7. The molecule has 8 nitrogen and oxygen atoms in total. The molecule has 0 spiro atoms. The molecular weight excluding hydrogens is 294 g/mol. The first kappa shape index (κ1) is 14.6. The quantitative estimate of drug-likeness (QED) is 0.415. The van der Waals surface area contributed by atoms with Crippen molar-refractivity contribution >= 4 is 23.8 Å². The van der Waals surface area contributed by atoms with Crippen molar-refractivity contribution in [3.63, 3.8) is 0 Å². The van der Waals surface area contributed by atoms with Crippen molar-refractivity contribution in [1.29, 1.82) is 0 Å². The summed E-state index contributed by atoms with van der Waals surface area (Å²) in [5.41, 5.74) is -1.08. The number of carbonyl (C=O) groups excluding carboxylic acids is 4. The van der Waals surface area contributed by atoms with Crippen LogP contribution in [0.25, 0.3) is 0 Å². The van der Waals surface area contributed by atoms with Crippen LogP contribution in [0.15, 0.2) is 11.8 Å². The van der Waals surface area contributed by atoms with Crippen LogP contribution in [0.5, 0.6) is 0 Å². The Balaban J connectivity index is 1.76. The van der Waals surface area contributed by atoms with Crippen LogP contribution in [0.1, 0.15) is 13.8 Å². The van der Waals surface area contributed by atoms with Crippen LogP contribution in [0.4, 0.5) is 0 Å². The lowest BCUT2D eigenvalue weighted by Gasteiger charge is -2.54. The Morgan fingerprint density at radius 3 is 2.68 bits per heavy atom. The minimum absolute atomic E-state index is 0.0321. The van der Waals surface area contributed by atoms with Gasteiger partial charge in [0.2, 0.25) is 11.8 Å². The number of amides is 2. The van der Waals surface area contributed by atoms with Gasteiger partial charge in [-0.25, -0.2) is 4.79 Å². The molecule has 2 fully saturated rings. The molecule has 8 heteroatoms. The normalized spacial score (nSPS) is 35.5. The SMILES string of the molecule is CC(=O)OCCOC1=CC(=O)OC2(C)C3C(=O)NC(=O)C3C12. The van der Waals surface area contributed by atoms with Crippen LogP contribution in [0.2, 0.25) is 0 Å². The second-order valence-electron chi connectivity index (χ2n) is 5.67. The minimum Gasteiger partial charge on any atom is -0.494 e. The van der Waals surface area contributed by atoms with Gasteiger partial charge >= 0.3 is 11.9 Å². The van der Waals surface area contributed by atoms with Gasteiger partial charge in [-0.1, -0.05) is 0 Å². The van der Waals surface area contributed by atoms with Crippen molar-refractivity contribution in [3.05, 3.63) is 11.8 Å². The highest BCUT2D eigenvalue weighted by molar-refractivity contribution is 6.08. The number of rotatable bonds is 4. The Hall–Kier alpha value is -2.38. The van der Waals surface area contributed by atoms with Crippen LogP contribution < -0.4 is 5.32 Å². The van der Waals surface area contributed by atoms with Crippen LogP contribution >= 0.6 is 0 Å². The predicted octanol–water partition coefficient (Wildman–Crippen LogP) is -0.716. The van der Waals surface area contributed by atoms with Gasteiger partial charge in [0.25, 0.3) is 0 Å². The fourth-order valence-corrected chi connectivity index (χ4v) is 3.50. The average molecular weight is 309 g/mol. The molecule has 0 aromatic heterocycles. The van der Waals surface area contributed by atoms with Gasteiger partial charge in [0.15, 0.2) is 0 Å². The molecule has 22 heavy (non-hydrogen) atoms. The molecule has 2 heterocycles. The zero-order chi connectivity index (χ0) is 16.1. The summed E-state index contributed by atoms with van der Waals surface area (Å²) in [6, 6.07) is 0. The number of esters is 2. The lowest BCUT2D eigenvalue weighted by atomic mass is 9.53. The van der Waals surface area contributed by atoms with Gasteiger partial charge in [-0.3, -0.25) is 19.7 Å². The van der Waals surface area contributed by atoms with Crippen molar-refractivity contribution < 1.29 is 33.4 Å². The zero-order valence-corrected chi connectivity index (χ0v) is 12.1. The fourth-order valence-electron chi connectivity index (χ4n) is 3.50. The van der Waals surface area contributed by atoms with Crippen molar-refractivity contribution in [1.82, 2.24) is 5.32 Å². The third-order valence-electron chi connectivity index (χ3n) is 4.33. The van der Waals surface area contributed by atoms with Crippen LogP contribution in [0.3, 0.4) is 0 Å². The Bertz CT molecular complexity index is 610. The lowest BCUT2D eigenvalue weighted by molar-refractivity contribution is -0.212. The van der Waals surface area contributed by atoms with E-state index in [1.165, 1.54) is 13.0 Å². The third-order valence-corrected chi connectivity index (χ3v) is 4.33. The summed E-state index contributed by atoms with van der Waals surface area (Å²) in [5, 5.41) is 2.26. The molecule has 2 aliphatic heterocycles. The molecule has 1 saturated heterocycles. The first-order valence-electron chi connectivity index (χ1n) is 6.90. The van der Waals surface area contributed by atoms with E-state index in [2.05, 4.69) is 5.32 Å². The average Bonchev–Trinajstić information content (AvgIpc) is 2.65. The Morgan fingerprint density at radius 1 is 1.27 bits per heavy atom. The number of imide groups is 1. The molecule has 0 aromatic carbocycles. The number of carbonyl (C=O) groups is 4. The van der Waals surface area contributed by atoms with Gasteiger partial charge in [-0.15, -0.1) is 0 Å². The maximum Gasteiger partial charge on any atom is 0.334 e. The van der Waals surface area contributed by atoms with E-state index in [9.17, 15) is 19.2 Å². The fraction of sp³-hybridized carbons (Fsp3) is 0.571. The van der Waals surface area contributed by atoms with E-state index in [0.717, 1.165) is 0 Å². The van der Waals surface area contributed by atoms with Gasteiger partial charge in [0, 0.05) is 6.92 Å². The summed E-state index contributed by atoms with van der Waals surface area (Å²) in [4.78, 5) is 46.1. The van der Waals surface area contributed by atoms with E-state index >= 15 is 0 Å². The van der Waals surface area contributed by atoms with Gasteiger partial charge in [-0.2, -0.15) is 0 Å². The Labute approximate surface area is 125 Å². The smallest absolute Gasteiger partial charge is 0.334 e. The third kappa shape index (κ3) is 1.98. The summed E-state index contributed by atoms with van der Waals surface area (Å²) in [6.45, 7) is 2.99. The molecule has 3 rings (SSSR count). The second kappa shape index (κ2) is 4.82. The van der Waals surface area contributed by atoms with Gasteiger partial charge < -0.3 is 14.2 Å². The molecule has 1 saturated carbocycles. The first-order valence-corrected chi connectivity index (χ1v) is 6.90. The van der Waals surface area contributed by atoms with E-state index in [-0.39, 0.29) is 24.9 Å². The monoisotopic (exact) mass is 309 g/mol. The molecule has 4 unspecified atom stereocenters. The number of ether oxygens (including phenoxy) is 3. The summed E-state index contributed by atoms with van der Waals surface area (Å²) < 4.78 is 15.5. The highest BCUT2D eigenvalue weighted by Crippen LogP contribution is 2.58. The highest BCUT2D eigenvalue weighted by Gasteiger charge is 2.73. The molecule has 118 valence electrons. The van der Waals surface area contributed by atoms with Crippen LogP contribution in [-0.2, 0) is 33.4 Å². The number of nitrogens with one attached hydrogen (secondary N) is 1. The molecular formula is C14H15NO7. The first-order chi connectivity index (χ1) is 10.3. The van der Waals surface area contributed by atoms with E-state index in [4.69, 9.17) is 14.2 Å². The standard InChI is InChI=1S/C14H15NO7/c1-6(16)20-3-4-21-7-5-8(17)22-14(2)10(7)9-11(14)13(19)15-12(9)18/h5,9-11H,3-4H2,1-2H3,(H,15,18,19). The molecule has 2 amide bonds. The summed E-state index contributed by atoms with van der Waals surface area (Å²) in [6.07, 6.45) is 1.17. The Kier molecular flexibility index (Phi) is 3.19. The van der Waals surface area contributed by atoms with Crippen molar-refractivity contribution in [2.75, 3.05) is 13.2 Å². The van der Waals surface area contributed by atoms with Gasteiger partial charge in [0.05, 0.1) is 23.8 Å². The molecule has 3 aliphatic rings. The lowest BCUT2D eigenvalue weighted by Crippen LogP contribution is -2.66. The molecule has 0 bridgehead atoms. The molecule has 1 aliphatic carbocycles. The maximum absolute atomic E-state index is 11.9. The second-order valence-corrected chi connectivity index (χ2v) is 5.67. The van der Waals surface area contributed by atoms with Crippen LogP contribution in [0, 0.1) is 17.8 Å². The van der Waals surface area contributed by atoms with E-state index in [1.807, 2.05) is 0 Å². The number of hydrogen-bond donors (Lipinski definition) is 1. The topological polar surface area (TPSA) is 108 Å². The minimum atomic E-state index is -1.08. The van der Waals surface area contributed by atoms with Gasteiger partial charge in [0.1, 0.15) is 24.6 Å². The summed E-state index contributed by atoms with van der Waals surface area (Å²) in [5.74, 6) is -3.36. The van der Waals surface area contributed by atoms with Crippen molar-refractivity contribution in [2.24, 2.45) is 17.8 Å². The molecule has 4 atom stereocenters. The zero-order valence-electron chi connectivity index (χ0n) is 12.1. The van der Waals surface area contributed by atoms with Gasteiger partial charge in [-0.05, 0) is 6.92 Å². The Morgan fingerprint density at radius 2 is 2.00 bits per heavy atom. The van der Waals surface area contributed by atoms with E-state index < -0.39 is 41.2 Å². The largest absolute Gasteiger partial charge is 0.494 e. The summed E-state index contributed by atoms with van der Waals surface area (Å²) >= 11 is 0. The van der Waals surface area contributed by atoms with E-state index in [1.54, 1.807) is 6.92 Å². The molecule has 1 N–H and O–H groups in total. The molecule has 0 radical (unpaired) electrons. The van der Waals surface area contributed by atoms with E-state index in [0.29, 0.717) is 0 Å². The predicted molar refractivity (Wildman–Crippen MR) is 68.8 cm³/mol. The van der Waals surface area contributed by atoms with Crippen molar-refractivity contribution in [3.8, 4) is 0 Å². The van der Waals surface area contributed by atoms with Crippen molar-refractivity contribution in [2.45, 2.75) is 19.4 Å². The highest BCUT2D eigenvalue weighted by atomic mass is 16.6.